The van der Waals surface area contributed by atoms with Gasteiger partial charge >= 0.3 is 5.69 Å². The molecule has 1 rings (SSSR count). The van der Waals surface area contributed by atoms with E-state index in [4.69, 9.17) is 21.0 Å². The fraction of sp³-hybridized carbons (Fsp3) is 0.273. The Kier molecular flexibility index (Phi) is 3.82. The summed E-state index contributed by atoms with van der Waals surface area (Å²) in [6.07, 6.45) is 0. The van der Waals surface area contributed by atoms with Gasteiger partial charge in [-0.05, 0) is 19.1 Å². The number of nitrogens with zero attached hydrogens (tertiary/aromatic N) is 3. The lowest BCUT2D eigenvalue weighted by Gasteiger charge is -2.16. The molecule has 0 amide bonds. The molecule has 1 unspecified atom stereocenters. The fourth-order valence-electron chi connectivity index (χ4n) is 1.11. The van der Waals surface area contributed by atoms with Gasteiger partial charge in [-0.25, -0.2) is 0 Å². The Morgan fingerprint density at radius 3 is 2.72 bits per heavy atom. The first-order valence-electron chi connectivity index (χ1n) is 4.91. The third-order valence-corrected chi connectivity index (χ3v) is 2.07. The second-order valence-corrected chi connectivity index (χ2v) is 3.87. The number of hydrogen-bond donors (Lipinski definition) is 1. The normalized spacial score (nSPS) is 12.9. The molecule has 0 saturated heterocycles. The monoisotopic (exact) mass is 246 g/mol. The van der Waals surface area contributed by atoms with E-state index < -0.39 is 10.5 Å². The lowest BCUT2D eigenvalue weighted by molar-refractivity contribution is -0.385. The molecule has 0 saturated carbocycles. The third-order valence-electron chi connectivity index (χ3n) is 2.07. The van der Waals surface area contributed by atoms with E-state index >= 15 is 0 Å². The molecule has 0 fully saturated rings. The van der Waals surface area contributed by atoms with Crippen molar-refractivity contribution < 1.29 is 9.66 Å². The van der Waals surface area contributed by atoms with Gasteiger partial charge in [0.25, 0.3) is 0 Å². The Balaban J connectivity index is 3.00. The molecular weight excluding hydrogens is 236 g/mol. The first-order chi connectivity index (χ1) is 8.39. The van der Waals surface area contributed by atoms with Crippen molar-refractivity contribution in [3.05, 3.63) is 33.9 Å². The summed E-state index contributed by atoms with van der Waals surface area (Å²) >= 11 is 0. The summed E-state index contributed by atoms with van der Waals surface area (Å²) in [5.41, 5.74) is 4.13. The molecule has 0 heterocycles. The molecule has 0 aliphatic rings. The molecule has 92 valence electrons. The Morgan fingerprint density at radius 2 is 2.22 bits per heavy atom. The number of nitro groups is 1. The quantitative estimate of drug-likeness (QED) is 0.625. The van der Waals surface area contributed by atoms with Crippen LogP contribution in [-0.2, 0) is 0 Å². The van der Waals surface area contributed by atoms with E-state index in [1.807, 2.05) is 6.07 Å². The van der Waals surface area contributed by atoms with Gasteiger partial charge in [0.1, 0.15) is 12.1 Å². The first kappa shape index (κ1) is 13.4. The van der Waals surface area contributed by atoms with E-state index in [0.29, 0.717) is 0 Å². The molecule has 18 heavy (non-hydrogen) atoms. The zero-order valence-corrected chi connectivity index (χ0v) is 9.58. The van der Waals surface area contributed by atoms with Crippen molar-refractivity contribution in [3.63, 3.8) is 0 Å². The van der Waals surface area contributed by atoms with Crippen molar-refractivity contribution in [2.24, 2.45) is 5.73 Å². The van der Waals surface area contributed by atoms with Crippen LogP contribution in [0.15, 0.2) is 18.2 Å². The average molecular weight is 246 g/mol. The van der Waals surface area contributed by atoms with E-state index in [9.17, 15) is 10.1 Å². The SMILES string of the molecule is CC(N)(C#N)COc1ccc(C#N)cc1[N+](=O)[O-]. The van der Waals surface area contributed by atoms with Gasteiger partial charge in [0.2, 0.25) is 0 Å². The van der Waals surface area contributed by atoms with Crippen LogP contribution in [0.1, 0.15) is 12.5 Å². The van der Waals surface area contributed by atoms with Gasteiger partial charge in [0.05, 0.1) is 22.6 Å². The second kappa shape index (κ2) is 5.13. The van der Waals surface area contributed by atoms with Crippen LogP contribution in [0.25, 0.3) is 0 Å². The molecule has 0 bridgehead atoms. The van der Waals surface area contributed by atoms with Gasteiger partial charge < -0.3 is 10.5 Å². The molecule has 0 aromatic heterocycles. The molecule has 0 spiro atoms. The largest absolute Gasteiger partial charge is 0.484 e. The average Bonchev–Trinajstić information content (AvgIpc) is 2.36. The molecule has 7 heteroatoms. The number of benzene rings is 1. The maximum absolute atomic E-state index is 10.8. The summed E-state index contributed by atoms with van der Waals surface area (Å²) in [4.78, 5) is 10.1. The Bertz CT molecular complexity index is 554. The summed E-state index contributed by atoms with van der Waals surface area (Å²) < 4.78 is 5.16. The van der Waals surface area contributed by atoms with Crippen molar-refractivity contribution in [2.45, 2.75) is 12.5 Å². The molecule has 0 aliphatic heterocycles. The smallest absolute Gasteiger partial charge is 0.312 e. The predicted molar refractivity (Wildman–Crippen MR) is 61.5 cm³/mol. The van der Waals surface area contributed by atoms with Gasteiger partial charge in [-0.2, -0.15) is 10.5 Å². The van der Waals surface area contributed by atoms with Gasteiger partial charge in [-0.1, -0.05) is 0 Å². The number of nitrogens with two attached hydrogens (primary N) is 1. The zero-order chi connectivity index (χ0) is 13.8. The third kappa shape index (κ3) is 3.17. The van der Waals surface area contributed by atoms with Crippen LogP contribution in [0.2, 0.25) is 0 Å². The number of nitriles is 2. The fourth-order valence-corrected chi connectivity index (χ4v) is 1.11. The minimum atomic E-state index is -1.23. The standard InChI is InChI=1S/C11H10N4O3/c1-11(14,6-13)7-18-10-3-2-8(5-12)4-9(10)15(16)17/h2-4H,7,14H2,1H3. The van der Waals surface area contributed by atoms with Crippen LogP contribution in [-0.4, -0.2) is 17.1 Å². The maximum Gasteiger partial charge on any atom is 0.312 e. The van der Waals surface area contributed by atoms with E-state index in [1.165, 1.54) is 19.1 Å². The lowest BCUT2D eigenvalue weighted by atomic mass is 10.1. The van der Waals surface area contributed by atoms with E-state index in [2.05, 4.69) is 0 Å². The Labute approximate surface area is 103 Å². The van der Waals surface area contributed by atoms with Gasteiger partial charge in [-0.3, -0.25) is 10.1 Å². The predicted octanol–water partition coefficient (Wildman–Crippen LogP) is 1.09. The van der Waals surface area contributed by atoms with Crippen LogP contribution in [0.5, 0.6) is 5.75 Å². The molecule has 0 radical (unpaired) electrons. The number of nitro benzene ring substituents is 1. The number of hydrogen-bond acceptors (Lipinski definition) is 6. The Hall–Kier alpha value is -2.64. The zero-order valence-electron chi connectivity index (χ0n) is 9.58. The molecule has 2 N–H and O–H groups in total. The van der Waals surface area contributed by atoms with Crippen LogP contribution in [0.4, 0.5) is 5.69 Å². The van der Waals surface area contributed by atoms with Crippen molar-refractivity contribution in [2.75, 3.05) is 6.61 Å². The molecule has 1 aromatic rings. The van der Waals surface area contributed by atoms with Gasteiger partial charge in [0.15, 0.2) is 5.75 Å². The summed E-state index contributed by atoms with van der Waals surface area (Å²) in [5.74, 6) is -0.0223. The highest BCUT2D eigenvalue weighted by atomic mass is 16.6. The van der Waals surface area contributed by atoms with E-state index in [1.54, 1.807) is 6.07 Å². The summed E-state index contributed by atoms with van der Waals surface area (Å²) in [6.45, 7) is 1.26. The minimum Gasteiger partial charge on any atom is -0.484 e. The van der Waals surface area contributed by atoms with Crippen molar-refractivity contribution >= 4 is 5.69 Å². The van der Waals surface area contributed by atoms with E-state index in [-0.39, 0.29) is 23.6 Å². The summed E-state index contributed by atoms with van der Waals surface area (Å²) in [6, 6.07) is 7.42. The topological polar surface area (TPSA) is 126 Å². The summed E-state index contributed by atoms with van der Waals surface area (Å²) in [5, 5.41) is 28.2. The number of ether oxygens (including phenoxy) is 1. The summed E-state index contributed by atoms with van der Waals surface area (Å²) in [7, 11) is 0. The van der Waals surface area contributed by atoms with Crippen molar-refractivity contribution in [3.8, 4) is 17.9 Å². The number of rotatable bonds is 4. The van der Waals surface area contributed by atoms with E-state index in [0.717, 1.165) is 6.07 Å². The maximum atomic E-state index is 10.8. The van der Waals surface area contributed by atoms with Crippen LogP contribution in [0, 0.1) is 32.8 Å². The van der Waals surface area contributed by atoms with Crippen LogP contribution >= 0.6 is 0 Å². The minimum absolute atomic E-state index is 0.0223. The van der Waals surface area contributed by atoms with Gasteiger partial charge in [-0.15, -0.1) is 0 Å². The molecular formula is C11H10N4O3. The molecule has 1 atom stereocenters. The Morgan fingerprint density at radius 1 is 1.56 bits per heavy atom. The molecule has 7 nitrogen and oxygen atoms in total. The first-order valence-corrected chi connectivity index (χ1v) is 4.91. The second-order valence-electron chi connectivity index (χ2n) is 3.87. The highest BCUT2D eigenvalue weighted by Gasteiger charge is 2.22. The highest BCUT2D eigenvalue weighted by Crippen LogP contribution is 2.28. The lowest BCUT2D eigenvalue weighted by Crippen LogP contribution is -2.40. The highest BCUT2D eigenvalue weighted by molar-refractivity contribution is 5.51. The van der Waals surface area contributed by atoms with Gasteiger partial charge in [0, 0.05) is 6.07 Å². The van der Waals surface area contributed by atoms with Crippen LogP contribution < -0.4 is 10.5 Å². The molecule has 1 aromatic carbocycles. The van der Waals surface area contributed by atoms with Crippen molar-refractivity contribution in [1.29, 1.82) is 10.5 Å². The van der Waals surface area contributed by atoms with Crippen LogP contribution in [0.3, 0.4) is 0 Å². The van der Waals surface area contributed by atoms with Crippen molar-refractivity contribution in [1.82, 2.24) is 0 Å². The molecule has 0 aliphatic carbocycles.